The SMILES string of the molecule is CCN1Cc2c(nc(N3CC4CCC(C3)O4)nc2-c2ccc(NC(=O)Nc3ccc(N4CCN(C)CC4)cc3)c(F)c2)OC(C)(C)C1. The van der Waals surface area contributed by atoms with Gasteiger partial charge in [-0.15, -0.1) is 0 Å². The molecule has 11 nitrogen and oxygen atoms in total. The Hall–Kier alpha value is -4.00. The van der Waals surface area contributed by atoms with Crippen LogP contribution in [0.3, 0.4) is 0 Å². The van der Waals surface area contributed by atoms with Gasteiger partial charge in [0.1, 0.15) is 11.4 Å². The molecule has 7 rings (SSSR count). The molecule has 250 valence electrons. The van der Waals surface area contributed by atoms with E-state index in [4.69, 9.17) is 19.4 Å². The van der Waals surface area contributed by atoms with Gasteiger partial charge >= 0.3 is 6.03 Å². The van der Waals surface area contributed by atoms with Crippen LogP contribution in [0.5, 0.6) is 5.88 Å². The van der Waals surface area contributed by atoms with Crippen molar-refractivity contribution in [2.75, 3.05) is 79.8 Å². The first-order valence-electron chi connectivity index (χ1n) is 16.8. The quantitative estimate of drug-likeness (QED) is 0.383. The number of halogens is 1. The van der Waals surface area contributed by atoms with Crippen molar-refractivity contribution in [1.82, 2.24) is 19.8 Å². The molecule has 3 aromatic rings. The number of carbonyl (C=O) groups is 1. The number of benzene rings is 2. The number of ether oxygens (including phenoxy) is 2. The van der Waals surface area contributed by atoms with Crippen LogP contribution in [-0.2, 0) is 11.3 Å². The second-order valence-electron chi connectivity index (χ2n) is 13.8. The first kappa shape index (κ1) is 31.6. The van der Waals surface area contributed by atoms with E-state index in [0.717, 1.165) is 63.4 Å². The summed E-state index contributed by atoms with van der Waals surface area (Å²) in [6.07, 6.45) is 2.39. The van der Waals surface area contributed by atoms with Crippen molar-refractivity contribution in [3.8, 4) is 17.1 Å². The minimum absolute atomic E-state index is 0.0815. The van der Waals surface area contributed by atoms with Crippen molar-refractivity contribution < 1.29 is 18.7 Å². The largest absolute Gasteiger partial charge is 0.470 e. The molecule has 4 aliphatic heterocycles. The molecule has 0 saturated carbocycles. The maximum Gasteiger partial charge on any atom is 0.323 e. The van der Waals surface area contributed by atoms with Crippen LogP contribution in [-0.4, -0.2) is 103 Å². The third-order valence-electron chi connectivity index (χ3n) is 9.57. The van der Waals surface area contributed by atoms with Gasteiger partial charge in [0.25, 0.3) is 0 Å². The average molecular weight is 645 g/mol. The first-order valence-corrected chi connectivity index (χ1v) is 16.8. The number of urea groups is 1. The van der Waals surface area contributed by atoms with Crippen molar-refractivity contribution in [1.29, 1.82) is 0 Å². The molecule has 2 atom stereocenters. The van der Waals surface area contributed by atoms with Crippen LogP contribution in [0.2, 0.25) is 0 Å². The number of hydrogen-bond acceptors (Lipinski definition) is 9. The molecule has 3 fully saturated rings. The highest BCUT2D eigenvalue weighted by Crippen LogP contribution is 2.38. The minimum Gasteiger partial charge on any atom is -0.470 e. The van der Waals surface area contributed by atoms with E-state index in [-0.39, 0.29) is 17.9 Å². The van der Waals surface area contributed by atoms with E-state index in [0.29, 0.717) is 48.4 Å². The molecule has 3 saturated heterocycles. The number of hydrogen-bond donors (Lipinski definition) is 2. The fourth-order valence-corrected chi connectivity index (χ4v) is 7.04. The number of morpholine rings is 1. The summed E-state index contributed by atoms with van der Waals surface area (Å²) in [5.74, 6) is 0.550. The number of fused-ring (bicyclic) bond motifs is 3. The summed E-state index contributed by atoms with van der Waals surface area (Å²) >= 11 is 0. The van der Waals surface area contributed by atoms with Gasteiger partial charge in [0.2, 0.25) is 11.8 Å². The van der Waals surface area contributed by atoms with Gasteiger partial charge in [-0.1, -0.05) is 13.0 Å². The standard InChI is InChI=1S/C35H45FN8O3/c1-5-42-21-28-31(39-33(40-32(28)47-35(2,3)22-42)44-19-26-11-12-27(20-44)46-26)23-6-13-30(29(36)18-23)38-34(45)37-24-7-9-25(10-8-24)43-16-14-41(4)15-17-43/h6-10,13,18,26-27H,5,11-12,14-17,19-22H2,1-4H3,(H2,37,38,45). The number of anilines is 4. The molecule has 12 heteroatoms. The second-order valence-corrected chi connectivity index (χ2v) is 13.8. The van der Waals surface area contributed by atoms with E-state index in [9.17, 15) is 4.79 Å². The highest BCUT2D eigenvalue weighted by molar-refractivity contribution is 6.00. The summed E-state index contributed by atoms with van der Waals surface area (Å²) < 4.78 is 28.3. The summed E-state index contributed by atoms with van der Waals surface area (Å²) in [7, 11) is 2.13. The van der Waals surface area contributed by atoms with E-state index in [1.54, 1.807) is 12.1 Å². The highest BCUT2D eigenvalue weighted by atomic mass is 19.1. The highest BCUT2D eigenvalue weighted by Gasteiger charge is 2.37. The molecule has 5 heterocycles. The number of nitrogens with zero attached hydrogens (tertiary/aromatic N) is 6. The lowest BCUT2D eigenvalue weighted by molar-refractivity contribution is 0.0297. The van der Waals surface area contributed by atoms with Gasteiger partial charge in [-0.25, -0.2) is 14.2 Å². The van der Waals surface area contributed by atoms with Crippen LogP contribution in [0.4, 0.5) is 32.2 Å². The first-order chi connectivity index (χ1) is 22.6. The third-order valence-corrected chi connectivity index (χ3v) is 9.57. The molecule has 2 aromatic carbocycles. The van der Waals surface area contributed by atoms with Crippen LogP contribution in [0.15, 0.2) is 42.5 Å². The van der Waals surface area contributed by atoms with E-state index < -0.39 is 17.4 Å². The van der Waals surface area contributed by atoms with Crippen molar-refractivity contribution in [3.05, 3.63) is 53.8 Å². The number of rotatable bonds is 6. The Morgan fingerprint density at radius 2 is 1.70 bits per heavy atom. The fraction of sp³-hybridized carbons (Fsp3) is 0.514. The summed E-state index contributed by atoms with van der Waals surface area (Å²) in [6, 6.07) is 12.0. The van der Waals surface area contributed by atoms with E-state index in [1.165, 1.54) is 6.07 Å². The fourth-order valence-electron chi connectivity index (χ4n) is 7.04. The minimum atomic E-state index is -0.552. The smallest absolute Gasteiger partial charge is 0.323 e. The van der Waals surface area contributed by atoms with Crippen LogP contribution in [0.25, 0.3) is 11.3 Å². The Morgan fingerprint density at radius 1 is 0.979 bits per heavy atom. The number of likely N-dealkylation sites (N-methyl/N-ethyl adjacent to an activating group) is 2. The molecular formula is C35H45FN8O3. The molecule has 2 unspecified atom stereocenters. The molecule has 47 heavy (non-hydrogen) atoms. The van der Waals surface area contributed by atoms with Gasteiger partial charge in [0.15, 0.2) is 0 Å². The summed E-state index contributed by atoms with van der Waals surface area (Å²) in [5, 5.41) is 5.49. The normalized spacial score (nSPS) is 22.7. The zero-order valence-electron chi connectivity index (χ0n) is 27.8. The molecule has 2 N–H and O–H groups in total. The average Bonchev–Trinajstić information content (AvgIpc) is 3.31. The summed E-state index contributed by atoms with van der Waals surface area (Å²) in [6.45, 7) is 13.8. The second kappa shape index (κ2) is 12.9. The monoisotopic (exact) mass is 644 g/mol. The molecule has 1 aromatic heterocycles. The van der Waals surface area contributed by atoms with Crippen molar-refractivity contribution in [2.24, 2.45) is 0 Å². The third kappa shape index (κ3) is 7.00. The van der Waals surface area contributed by atoms with Gasteiger partial charge in [0.05, 0.1) is 29.2 Å². The zero-order valence-corrected chi connectivity index (χ0v) is 27.8. The zero-order chi connectivity index (χ0) is 32.7. The van der Waals surface area contributed by atoms with E-state index in [2.05, 4.69) is 58.1 Å². The van der Waals surface area contributed by atoms with Crippen LogP contribution >= 0.6 is 0 Å². The number of amides is 2. The van der Waals surface area contributed by atoms with Crippen molar-refractivity contribution >= 4 is 29.0 Å². The maximum atomic E-state index is 15.7. The Morgan fingerprint density at radius 3 is 2.38 bits per heavy atom. The van der Waals surface area contributed by atoms with Gasteiger partial charge in [-0.05, 0) is 76.7 Å². The van der Waals surface area contributed by atoms with E-state index >= 15 is 4.39 Å². The van der Waals surface area contributed by atoms with Crippen molar-refractivity contribution in [2.45, 2.75) is 58.0 Å². The van der Waals surface area contributed by atoms with Crippen LogP contribution in [0, 0.1) is 5.82 Å². The molecule has 0 aliphatic carbocycles. The number of aromatic nitrogens is 2. The summed E-state index contributed by atoms with van der Waals surface area (Å²) in [4.78, 5) is 32.0. The predicted molar refractivity (Wildman–Crippen MR) is 182 cm³/mol. The Balaban J connectivity index is 1.12. The number of nitrogens with one attached hydrogen (secondary N) is 2. The van der Waals surface area contributed by atoms with Crippen molar-refractivity contribution in [3.63, 3.8) is 0 Å². The Bertz CT molecular complexity index is 1600. The van der Waals surface area contributed by atoms with E-state index in [1.807, 2.05) is 24.3 Å². The molecule has 4 aliphatic rings. The molecule has 2 amide bonds. The van der Waals surface area contributed by atoms with Crippen LogP contribution in [0.1, 0.15) is 39.2 Å². The summed E-state index contributed by atoms with van der Waals surface area (Å²) in [5.41, 5.74) is 3.43. The van der Waals surface area contributed by atoms with Gasteiger partial charge in [-0.3, -0.25) is 4.90 Å². The molecule has 0 spiro atoms. The maximum absolute atomic E-state index is 15.7. The van der Waals surface area contributed by atoms with Crippen LogP contribution < -0.4 is 25.2 Å². The molecular weight excluding hydrogens is 599 g/mol. The lowest BCUT2D eigenvalue weighted by Crippen LogP contribution is -2.44. The van der Waals surface area contributed by atoms with Gasteiger partial charge in [0, 0.05) is 69.3 Å². The lowest BCUT2D eigenvalue weighted by atomic mass is 10.0. The Kier molecular flexibility index (Phi) is 8.67. The molecule has 0 radical (unpaired) electrons. The number of carbonyl (C=O) groups excluding carboxylic acids is 1. The van der Waals surface area contributed by atoms with Gasteiger partial charge < -0.3 is 34.8 Å². The van der Waals surface area contributed by atoms with Gasteiger partial charge in [-0.2, -0.15) is 4.98 Å². The topological polar surface area (TPSA) is 98.3 Å². The molecule has 2 bridgehead atoms. The lowest BCUT2D eigenvalue weighted by Gasteiger charge is -2.34. The Labute approximate surface area is 276 Å². The number of piperazine rings is 1. The predicted octanol–water partition coefficient (Wildman–Crippen LogP) is 5.04.